The molecule has 12 heteroatoms. The first-order valence-corrected chi connectivity index (χ1v) is 14.9. The van der Waals surface area contributed by atoms with Crippen LogP contribution in [0.3, 0.4) is 0 Å². The van der Waals surface area contributed by atoms with Gasteiger partial charge >= 0.3 is 0 Å². The van der Waals surface area contributed by atoms with Gasteiger partial charge in [-0.15, -0.1) is 0 Å². The molecule has 0 spiro atoms. The highest BCUT2D eigenvalue weighted by atomic mass is 16.3. The molecule has 0 aromatic carbocycles. The summed E-state index contributed by atoms with van der Waals surface area (Å²) in [6.07, 6.45) is -10.6. The summed E-state index contributed by atoms with van der Waals surface area (Å²) in [7, 11) is 0. The van der Waals surface area contributed by atoms with Gasteiger partial charge in [-0.25, -0.2) is 0 Å². The lowest BCUT2D eigenvalue weighted by molar-refractivity contribution is -0.182. The van der Waals surface area contributed by atoms with Gasteiger partial charge in [0.2, 0.25) is 0 Å². The van der Waals surface area contributed by atoms with Crippen LogP contribution in [0.25, 0.3) is 0 Å². The fourth-order valence-corrected chi connectivity index (χ4v) is 8.75. The summed E-state index contributed by atoms with van der Waals surface area (Å²) in [6.45, 7) is 12.0. The first-order chi connectivity index (χ1) is 18.3. The second-order valence-corrected chi connectivity index (χ2v) is 13.8. The quantitative estimate of drug-likeness (QED) is 0.0801. The topological polar surface area (TPSA) is 266 Å². The summed E-state index contributed by atoms with van der Waals surface area (Å²) in [6, 6.07) is 0. The van der Waals surface area contributed by atoms with Crippen molar-refractivity contribution in [2.24, 2.45) is 28.3 Å². The van der Waals surface area contributed by atoms with Gasteiger partial charge in [-0.2, -0.15) is 0 Å². The second-order valence-electron chi connectivity index (χ2n) is 13.8. The fraction of sp³-hybridized carbons (Fsp3) is 1.00. The average molecular weight is 597 g/mol. The lowest BCUT2D eigenvalue weighted by Crippen LogP contribution is -2.90. The Morgan fingerprint density at radius 2 is 0.415 bits per heavy atom. The summed E-state index contributed by atoms with van der Waals surface area (Å²) in [4.78, 5) is 0. The Morgan fingerprint density at radius 1 is 0.317 bits per heavy atom. The van der Waals surface area contributed by atoms with Crippen molar-refractivity contribution in [1.82, 2.24) is 0 Å². The molecule has 12 nitrogen and oxygen atoms in total. The summed E-state index contributed by atoms with van der Waals surface area (Å²) in [5.41, 5.74) is 20.5. The predicted octanol–water partition coefficient (Wildman–Crippen LogP) is -1.07. The van der Waals surface area contributed by atoms with Crippen molar-refractivity contribution >= 4 is 0 Å². The first kappa shape index (κ1) is 40.5. The number of aliphatic hydroxyl groups excluding tert-OH is 8. The van der Waals surface area contributed by atoms with E-state index in [4.69, 9.17) is 22.9 Å². The highest BCUT2D eigenvalue weighted by molar-refractivity contribution is 5.33. The highest BCUT2D eigenvalue weighted by Gasteiger charge is 2.75. The van der Waals surface area contributed by atoms with Crippen LogP contribution in [-0.2, 0) is 0 Å². The van der Waals surface area contributed by atoms with Gasteiger partial charge in [0.1, 0.15) is 0 Å². The van der Waals surface area contributed by atoms with Crippen molar-refractivity contribution in [1.29, 1.82) is 0 Å². The SMILES string of the molecule is CC(O)CC(N)(CC(C)O)C(C(N)(CC(C)O)CC(C)O)(C(N)(CC(C)O)CC(C)O)C(N)(CC(C)O)CC(C)O. The van der Waals surface area contributed by atoms with Gasteiger partial charge in [0.15, 0.2) is 0 Å². The Labute approximate surface area is 247 Å². The van der Waals surface area contributed by atoms with E-state index in [1.165, 1.54) is 55.4 Å². The van der Waals surface area contributed by atoms with Crippen LogP contribution in [0.15, 0.2) is 0 Å². The van der Waals surface area contributed by atoms with Crippen LogP contribution in [0.4, 0.5) is 0 Å². The Hall–Kier alpha value is -0.480. The molecular formula is C29H64N4O8. The van der Waals surface area contributed by atoms with Gasteiger partial charge in [-0.05, 0) is 107 Å². The van der Waals surface area contributed by atoms with Crippen molar-refractivity contribution < 1.29 is 40.9 Å². The van der Waals surface area contributed by atoms with Crippen LogP contribution in [0.5, 0.6) is 0 Å². The standard InChI is InChI=1S/C29H64N4O8/c1-17(34)9-25(30,10-18(2)35)29(26(31,11-19(3)36)12-20(4)37,27(32,13-21(5)38)14-22(6)39)28(33,15-23(7)40)16-24(8)41/h17-24,34-41H,9-16,30-33H2,1-8H3. The zero-order valence-electron chi connectivity index (χ0n) is 26.7. The van der Waals surface area contributed by atoms with Gasteiger partial charge in [0, 0.05) is 27.6 Å². The molecule has 0 fully saturated rings. The summed E-state index contributed by atoms with van der Waals surface area (Å²) < 4.78 is 0. The van der Waals surface area contributed by atoms with Crippen LogP contribution < -0.4 is 22.9 Å². The Kier molecular flexibility index (Phi) is 15.3. The maximum Gasteiger partial charge on any atom is 0.0529 e. The molecule has 0 aliphatic heterocycles. The zero-order valence-corrected chi connectivity index (χ0v) is 26.7. The lowest BCUT2D eigenvalue weighted by atomic mass is 9.37. The van der Waals surface area contributed by atoms with Gasteiger partial charge in [-0.1, -0.05) is 0 Å². The molecule has 0 bridgehead atoms. The number of rotatable bonds is 20. The maximum atomic E-state index is 10.9. The molecule has 8 atom stereocenters. The van der Waals surface area contributed by atoms with Gasteiger partial charge in [0.05, 0.1) is 48.8 Å². The molecule has 0 saturated heterocycles. The molecule has 0 radical (unpaired) electrons. The lowest BCUT2D eigenvalue weighted by Gasteiger charge is -2.73. The summed E-state index contributed by atoms with van der Waals surface area (Å²) in [5, 5.41) is 87.0. The molecule has 16 N–H and O–H groups in total. The van der Waals surface area contributed by atoms with Gasteiger partial charge in [-0.3, -0.25) is 0 Å². The van der Waals surface area contributed by atoms with E-state index < -0.39 is 76.4 Å². The molecule has 248 valence electrons. The third-order valence-electron chi connectivity index (χ3n) is 8.26. The molecule has 0 aliphatic rings. The number of nitrogens with two attached hydrogens (primary N) is 4. The largest absolute Gasteiger partial charge is 0.393 e. The third-order valence-corrected chi connectivity index (χ3v) is 8.26. The zero-order chi connectivity index (χ0) is 32.8. The Morgan fingerprint density at radius 3 is 0.488 bits per heavy atom. The van der Waals surface area contributed by atoms with E-state index in [1.807, 2.05) is 0 Å². The highest BCUT2D eigenvalue weighted by Crippen LogP contribution is 2.63. The normalized spacial score (nSPS) is 26.0. The van der Waals surface area contributed by atoms with E-state index in [9.17, 15) is 40.9 Å². The molecule has 0 heterocycles. The van der Waals surface area contributed by atoms with Crippen molar-refractivity contribution in [3.05, 3.63) is 0 Å². The molecule has 0 saturated carbocycles. The van der Waals surface area contributed by atoms with Crippen molar-refractivity contribution in [3.63, 3.8) is 0 Å². The minimum Gasteiger partial charge on any atom is -0.393 e. The van der Waals surface area contributed by atoms with E-state index in [-0.39, 0.29) is 51.4 Å². The van der Waals surface area contributed by atoms with Crippen LogP contribution >= 0.6 is 0 Å². The summed E-state index contributed by atoms with van der Waals surface area (Å²) >= 11 is 0. The minimum absolute atomic E-state index is 0.229. The molecule has 0 aromatic rings. The molecule has 0 rings (SSSR count). The molecule has 0 amide bonds. The van der Waals surface area contributed by atoms with E-state index in [0.29, 0.717) is 0 Å². The van der Waals surface area contributed by atoms with Crippen molar-refractivity contribution in [2.75, 3.05) is 0 Å². The van der Waals surface area contributed by atoms with Crippen LogP contribution in [0.2, 0.25) is 0 Å². The second kappa shape index (κ2) is 15.5. The van der Waals surface area contributed by atoms with Crippen LogP contribution in [0, 0.1) is 5.41 Å². The number of hydrogen-bond acceptors (Lipinski definition) is 12. The monoisotopic (exact) mass is 596 g/mol. The van der Waals surface area contributed by atoms with Crippen LogP contribution in [0.1, 0.15) is 107 Å². The molecular weight excluding hydrogens is 532 g/mol. The first-order valence-electron chi connectivity index (χ1n) is 14.9. The number of hydrogen-bond donors (Lipinski definition) is 12. The van der Waals surface area contributed by atoms with Gasteiger partial charge < -0.3 is 63.8 Å². The fourth-order valence-electron chi connectivity index (χ4n) is 8.75. The van der Waals surface area contributed by atoms with E-state index in [2.05, 4.69) is 0 Å². The molecule has 8 unspecified atom stereocenters. The molecule has 41 heavy (non-hydrogen) atoms. The third kappa shape index (κ3) is 9.75. The Bertz CT molecular complexity index is 594. The van der Waals surface area contributed by atoms with Gasteiger partial charge in [0.25, 0.3) is 0 Å². The van der Waals surface area contributed by atoms with E-state index >= 15 is 0 Å². The summed E-state index contributed by atoms with van der Waals surface area (Å²) in [5.74, 6) is 0. The number of aliphatic hydroxyl groups is 8. The molecule has 0 aromatic heterocycles. The smallest absolute Gasteiger partial charge is 0.0529 e. The van der Waals surface area contributed by atoms with E-state index in [1.54, 1.807) is 0 Å². The van der Waals surface area contributed by atoms with Crippen LogP contribution in [-0.4, -0.2) is 112 Å². The van der Waals surface area contributed by atoms with Crippen molar-refractivity contribution in [2.45, 2.75) is 178 Å². The maximum absolute atomic E-state index is 10.9. The minimum atomic E-state index is -2.00. The average Bonchev–Trinajstić information content (AvgIpc) is 2.61. The van der Waals surface area contributed by atoms with Crippen molar-refractivity contribution in [3.8, 4) is 0 Å². The van der Waals surface area contributed by atoms with E-state index in [0.717, 1.165) is 0 Å². The molecule has 0 aliphatic carbocycles. The predicted molar refractivity (Wildman–Crippen MR) is 160 cm³/mol. The Balaban J connectivity index is 8.97.